The topological polar surface area (TPSA) is 17.1 Å². The van der Waals surface area contributed by atoms with Gasteiger partial charge in [-0.25, -0.2) is 0 Å². The first-order chi connectivity index (χ1) is 6.38. The Bertz CT molecular complexity index is 341. The summed E-state index contributed by atoms with van der Waals surface area (Å²) in [6, 6.07) is 5.43. The monoisotopic (exact) mass is 201 g/mol. The van der Waals surface area contributed by atoms with E-state index in [1.165, 1.54) is 31.2 Å². The molecule has 0 aliphatic carbocycles. The SMILES string of the molecule is CC(=O)c1cccc([CH-]C(F)(F)F)c1. The Hall–Kier alpha value is -1.45. The lowest BCUT2D eigenvalue weighted by molar-refractivity contribution is -0.0927. The van der Waals surface area contributed by atoms with E-state index in [1.807, 2.05) is 0 Å². The smallest absolute Gasteiger partial charge is 0.296 e. The Balaban J connectivity index is 2.89. The molecule has 0 aliphatic heterocycles. The van der Waals surface area contributed by atoms with Crippen molar-refractivity contribution in [3.8, 4) is 0 Å². The molecule has 0 radical (unpaired) electrons. The van der Waals surface area contributed by atoms with Crippen LogP contribution in [0.4, 0.5) is 13.2 Å². The highest BCUT2D eigenvalue weighted by Crippen LogP contribution is 2.23. The fraction of sp³-hybridized carbons (Fsp3) is 0.200. The van der Waals surface area contributed by atoms with Crippen LogP contribution in [0.25, 0.3) is 0 Å². The van der Waals surface area contributed by atoms with Crippen LogP contribution in [0, 0.1) is 6.42 Å². The van der Waals surface area contributed by atoms with Crippen LogP contribution in [0.5, 0.6) is 0 Å². The van der Waals surface area contributed by atoms with Crippen molar-refractivity contribution in [2.75, 3.05) is 0 Å². The van der Waals surface area contributed by atoms with E-state index >= 15 is 0 Å². The van der Waals surface area contributed by atoms with E-state index in [1.54, 1.807) is 0 Å². The maximum atomic E-state index is 11.9. The van der Waals surface area contributed by atoms with Crippen LogP contribution >= 0.6 is 0 Å². The van der Waals surface area contributed by atoms with E-state index in [2.05, 4.69) is 0 Å². The van der Waals surface area contributed by atoms with Gasteiger partial charge in [0.2, 0.25) is 0 Å². The Morgan fingerprint density at radius 3 is 2.50 bits per heavy atom. The zero-order valence-electron chi connectivity index (χ0n) is 7.43. The van der Waals surface area contributed by atoms with Gasteiger partial charge in [0.25, 0.3) is 0 Å². The van der Waals surface area contributed by atoms with Gasteiger partial charge in [-0.05, 0) is 12.5 Å². The van der Waals surface area contributed by atoms with Crippen LogP contribution in [0.2, 0.25) is 0 Å². The second-order valence-electron chi connectivity index (χ2n) is 2.87. The predicted molar refractivity (Wildman–Crippen MR) is 45.9 cm³/mol. The first-order valence-corrected chi connectivity index (χ1v) is 3.92. The fourth-order valence-corrected chi connectivity index (χ4v) is 1.04. The molecule has 1 aromatic carbocycles. The van der Waals surface area contributed by atoms with E-state index < -0.39 is 6.18 Å². The van der Waals surface area contributed by atoms with E-state index in [-0.39, 0.29) is 23.3 Å². The zero-order valence-corrected chi connectivity index (χ0v) is 7.43. The molecule has 0 aliphatic rings. The second kappa shape index (κ2) is 3.74. The lowest BCUT2D eigenvalue weighted by Gasteiger charge is -2.14. The minimum Gasteiger partial charge on any atom is -0.296 e. The summed E-state index contributed by atoms with van der Waals surface area (Å²) in [5.74, 6) is -0.248. The van der Waals surface area contributed by atoms with Gasteiger partial charge in [-0.2, -0.15) is 30.9 Å². The highest BCUT2D eigenvalue weighted by atomic mass is 19.4. The van der Waals surface area contributed by atoms with Gasteiger partial charge in [-0.3, -0.25) is 4.79 Å². The summed E-state index contributed by atoms with van der Waals surface area (Å²) in [6.45, 7) is 1.31. The van der Waals surface area contributed by atoms with Crippen molar-refractivity contribution < 1.29 is 18.0 Å². The summed E-state index contributed by atoms with van der Waals surface area (Å²) in [5, 5.41) is 0. The molecule has 4 heteroatoms. The molecule has 0 spiro atoms. The standard InChI is InChI=1S/C10H8F3O/c1-7(14)9-4-2-3-8(5-9)6-10(11,12)13/h2-6H,1H3/q-1. The van der Waals surface area contributed by atoms with Gasteiger partial charge in [-0.1, -0.05) is 12.5 Å². The molecule has 1 rings (SSSR count). The van der Waals surface area contributed by atoms with Gasteiger partial charge < -0.3 is 0 Å². The number of rotatable bonds is 2. The summed E-state index contributed by atoms with van der Waals surface area (Å²) in [4.78, 5) is 10.9. The van der Waals surface area contributed by atoms with Gasteiger partial charge in [-0.15, -0.1) is 6.07 Å². The third-order valence-corrected chi connectivity index (χ3v) is 1.62. The Morgan fingerprint density at radius 2 is 2.00 bits per heavy atom. The molecule has 0 saturated carbocycles. The molecular weight excluding hydrogens is 193 g/mol. The van der Waals surface area contributed by atoms with E-state index in [0.29, 0.717) is 0 Å². The first kappa shape index (κ1) is 10.6. The fourth-order valence-electron chi connectivity index (χ4n) is 1.04. The number of halogens is 3. The first-order valence-electron chi connectivity index (χ1n) is 3.92. The van der Waals surface area contributed by atoms with Crippen molar-refractivity contribution in [3.63, 3.8) is 0 Å². The average molecular weight is 201 g/mol. The normalized spacial score (nSPS) is 11.1. The molecule has 76 valence electrons. The molecule has 0 aromatic heterocycles. The molecule has 0 saturated heterocycles. The van der Waals surface area contributed by atoms with Crippen LogP contribution in [-0.4, -0.2) is 12.0 Å². The van der Waals surface area contributed by atoms with Crippen molar-refractivity contribution >= 4 is 5.78 Å². The molecule has 0 fully saturated rings. The summed E-state index contributed by atoms with van der Waals surface area (Å²) >= 11 is 0. The molecule has 0 amide bonds. The highest BCUT2D eigenvalue weighted by Gasteiger charge is 2.21. The Labute approximate surface area is 79.5 Å². The Morgan fingerprint density at radius 1 is 1.36 bits per heavy atom. The molecule has 14 heavy (non-hydrogen) atoms. The largest absolute Gasteiger partial charge is 0.364 e. The van der Waals surface area contributed by atoms with Crippen molar-refractivity contribution in [3.05, 3.63) is 41.8 Å². The molecule has 0 heterocycles. The highest BCUT2D eigenvalue weighted by molar-refractivity contribution is 5.94. The summed E-state index contributed by atoms with van der Waals surface area (Å²) < 4.78 is 35.8. The van der Waals surface area contributed by atoms with Crippen molar-refractivity contribution in [2.24, 2.45) is 0 Å². The molecule has 0 N–H and O–H groups in total. The van der Waals surface area contributed by atoms with Gasteiger partial charge in [0.1, 0.15) is 5.78 Å². The van der Waals surface area contributed by atoms with E-state index in [0.717, 1.165) is 0 Å². The number of alkyl halides is 3. The lowest BCUT2D eigenvalue weighted by Crippen LogP contribution is -2.09. The minimum atomic E-state index is -4.35. The number of hydrogen-bond donors (Lipinski definition) is 0. The Kier molecular flexibility index (Phi) is 2.84. The maximum Gasteiger partial charge on any atom is 0.364 e. The van der Waals surface area contributed by atoms with Crippen LogP contribution in [0.1, 0.15) is 22.8 Å². The van der Waals surface area contributed by atoms with Gasteiger partial charge in [0, 0.05) is 0 Å². The number of carbonyl (C=O) groups is 1. The molecule has 0 atom stereocenters. The van der Waals surface area contributed by atoms with Crippen LogP contribution in [-0.2, 0) is 0 Å². The van der Waals surface area contributed by atoms with Gasteiger partial charge >= 0.3 is 6.18 Å². The molecule has 0 unspecified atom stereocenters. The molecule has 0 bridgehead atoms. The van der Waals surface area contributed by atoms with Gasteiger partial charge in [0.05, 0.1) is 0 Å². The third-order valence-electron chi connectivity index (χ3n) is 1.62. The van der Waals surface area contributed by atoms with Crippen LogP contribution < -0.4 is 0 Å². The van der Waals surface area contributed by atoms with Gasteiger partial charge in [0.15, 0.2) is 0 Å². The quantitative estimate of drug-likeness (QED) is 0.531. The van der Waals surface area contributed by atoms with Crippen molar-refractivity contribution in [1.29, 1.82) is 0 Å². The zero-order chi connectivity index (χ0) is 10.8. The maximum absolute atomic E-state index is 11.9. The summed E-state index contributed by atoms with van der Waals surface area (Å²) in [6.07, 6.45) is -4.19. The second-order valence-corrected chi connectivity index (χ2v) is 2.87. The predicted octanol–water partition coefficient (Wildman–Crippen LogP) is 3.00. The summed E-state index contributed by atoms with van der Waals surface area (Å²) in [5.41, 5.74) is 0.271. The van der Waals surface area contributed by atoms with Crippen molar-refractivity contribution in [1.82, 2.24) is 0 Å². The minimum absolute atomic E-state index is 0.00907. The summed E-state index contributed by atoms with van der Waals surface area (Å²) in [7, 11) is 0. The molecular formula is C10H8F3O-. The van der Waals surface area contributed by atoms with Crippen molar-refractivity contribution in [2.45, 2.75) is 13.1 Å². The van der Waals surface area contributed by atoms with Crippen LogP contribution in [0.3, 0.4) is 0 Å². The average Bonchev–Trinajstić information content (AvgIpc) is 2.01. The number of ketones is 1. The number of hydrogen-bond acceptors (Lipinski definition) is 1. The van der Waals surface area contributed by atoms with Crippen LogP contribution in [0.15, 0.2) is 24.3 Å². The lowest BCUT2D eigenvalue weighted by atomic mass is 10.1. The molecule has 1 nitrogen and oxygen atoms in total. The van der Waals surface area contributed by atoms with E-state index in [4.69, 9.17) is 0 Å². The third kappa shape index (κ3) is 3.12. The number of benzene rings is 1. The molecule has 1 aromatic rings. The van der Waals surface area contributed by atoms with E-state index in [9.17, 15) is 18.0 Å². The number of Topliss-reactive ketones (excluding diaryl/α,β-unsaturated/α-hetero) is 1. The number of carbonyl (C=O) groups excluding carboxylic acids is 1.